The zero-order valence-electron chi connectivity index (χ0n) is 10.3. The topological polar surface area (TPSA) is 20.3 Å². The van der Waals surface area contributed by atoms with Gasteiger partial charge in [0, 0.05) is 13.6 Å². The Labute approximate surface area is 110 Å². The van der Waals surface area contributed by atoms with Crippen LogP contribution in [0.25, 0.3) is 0 Å². The molecule has 1 aromatic heterocycles. The number of nitrogens with zero attached hydrogens (tertiary/aromatic N) is 1. The fraction of sp³-hybridized carbons (Fsp3) is 0.214. The molecule has 94 valence electrons. The molecule has 1 heterocycles. The Bertz CT molecular complexity index is 551. The van der Waals surface area contributed by atoms with Crippen LogP contribution in [0.1, 0.15) is 21.5 Å². The smallest absolute Gasteiger partial charge is 0.256 e. The summed E-state index contributed by atoms with van der Waals surface area (Å²) in [6.07, 6.45) is 0. The van der Waals surface area contributed by atoms with E-state index in [2.05, 4.69) is 0 Å². The molecular weight excluding hydrogens is 249 g/mol. The lowest BCUT2D eigenvalue weighted by Gasteiger charge is -2.17. The molecule has 0 spiro atoms. The van der Waals surface area contributed by atoms with Gasteiger partial charge in [-0.2, -0.15) is 11.3 Å². The summed E-state index contributed by atoms with van der Waals surface area (Å²) in [4.78, 5) is 13.7. The van der Waals surface area contributed by atoms with Crippen LogP contribution in [0.15, 0.2) is 35.0 Å². The summed E-state index contributed by atoms with van der Waals surface area (Å²) in [5.41, 5.74) is 1.68. The van der Waals surface area contributed by atoms with Gasteiger partial charge in [-0.3, -0.25) is 4.79 Å². The first kappa shape index (κ1) is 12.8. The van der Waals surface area contributed by atoms with Crippen LogP contribution in [-0.4, -0.2) is 17.9 Å². The Morgan fingerprint density at radius 2 is 2.17 bits per heavy atom. The van der Waals surface area contributed by atoms with Crippen molar-refractivity contribution in [3.05, 3.63) is 57.5 Å². The van der Waals surface area contributed by atoms with Crippen LogP contribution in [-0.2, 0) is 6.54 Å². The van der Waals surface area contributed by atoms with Crippen molar-refractivity contribution in [2.24, 2.45) is 0 Å². The van der Waals surface area contributed by atoms with Crippen LogP contribution in [0, 0.1) is 12.7 Å². The van der Waals surface area contributed by atoms with Gasteiger partial charge < -0.3 is 4.90 Å². The molecule has 1 aromatic carbocycles. The van der Waals surface area contributed by atoms with Gasteiger partial charge in [0.2, 0.25) is 0 Å². The van der Waals surface area contributed by atoms with Gasteiger partial charge in [0.1, 0.15) is 5.82 Å². The molecule has 0 saturated carbocycles. The van der Waals surface area contributed by atoms with Crippen molar-refractivity contribution in [3.63, 3.8) is 0 Å². The molecule has 0 radical (unpaired) electrons. The van der Waals surface area contributed by atoms with Crippen molar-refractivity contribution in [1.29, 1.82) is 0 Å². The largest absolute Gasteiger partial charge is 0.337 e. The van der Waals surface area contributed by atoms with Gasteiger partial charge >= 0.3 is 0 Å². The second-order valence-corrected chi connectivity index (χ2v) is 5.01. The van der Waals surface area contributed by atoms with Crippen LogP contribution in [0.5, 0.6) is 0 Å². The third kappa shape index (κ3) is 2.59. The van der Waals surface area contributed by atoms with Gasteiger partial charge in [-0.05, 0) is 40.9 Å². The quantitative estimate of drug-likeness (QED) is 0.830. The van der Waals surface area contributed by atoms with E-state index in [1.807, 2.05) is 16.8 Å². The summed E-state index contributed by atoms with van der Waals surface area (Å²) in [6.45, 7) is 2.15. The third-order valence-electron chi connectivity index (χ3n) is 2.77. The molecule has 4 heteroatoms. The highest BCUT2D eigenvalue weighted by molar-refractivity contribution is 7.07. The molecule has 2 nitrogen and oxygen atoms in total. The normalized spacial score (nSPS) is 10.4. The lowest BCUT2D eigenvalue weighted by Crippen LogP contribution is -2.27. The minimum absolute atomic E-state index is 0.132. The minimum atomic E-state index is -0.431. The first-order valence-corrected chi connectivity index (χ1v) is 6.55. The highest BCUT2D eigenvalue weighted by atomic mass is 32.1. The van der Waals surface area contributed by atoms with Gasteiger partial charge in [0.25, 0.3) is 5.91 Å². The number of hydrogen-bond donors (Lipinski definition) is 0. The van der Waals surface area contributed by atoms with E-state index in [4.69, 9.17) is 0 Å². The molecule has 0 N–H and O–H groups in total. The number of hydrogen-bond acceptors (Lipinski definition) is 2. The van der Waals surface area contributed by atoms with Crippen molar-refractivity contribution in [1.82, 2.24) is 4.90 Å². The maximum atomic E-state index is 13.8. The van der Waals surface area contributed by atoms with Crippen molar-refractivity contribution < 1.29 is 9.18 Å². The average Bonchev–Trinajstić information content (AvgIpc) is 2.84. The highest BCUT2D eigenvalue weighted by Crippen LogP contribution is 2.15. The molecule has 18 heavy (non-hydrogen) atoms. The number of carbonyl (C=O) groups is 1. The SMILES string of the molecule is Cc1cccc(C(=O)N(C)Cc2ccsc2)c1F. The van der Waals surface area contributed by atoms with E-state index in [9.17, 15) is 9.18 Å². The zero-order valence-corrected chi connectivity index (χ0v) is 11.1. The predicted octanol–water partition coefficient (Wildman–Crippen LogP) is 3.47. The Hall–Kier alpha value is -1.68. The van der Waals surface area contributed by atoms with Crippen molar-refractivity contribution >= 4 is 17.2 Å². The molecule has 0 aliphatic carbocycles. The van der Waals surface area contributed by atoms with Crippen LogP contribution in [0.2, 0.25) is 0 Å². The lowest BCUT2D eigenvalue weighted by atomic mass is 10.1. The van der Waals surface area contributed by atoms with E-state index in [1.165, 1.54) is 11.0 Å². The summed E-state index contributed by atoms with van der Waals surface area (Å²) in [6, 6.07) is 6.84. The first-order valence-electron chi connectivity index (χ1n) is 5.61. The van der Waals surface area contributed by atoms with E-state index >= 15 is 0 Å². The Kier molecular flexibility index (Phi) is 3.77. The number of amides is 1. The molecule has 0 bridgehead atoms. The fourth-order valence-corrected chi connectivity index (χ4v) is 2.41. The molecule has 2 rings (SSSR count). The van der Waals surface area contributed by atoms with Gasteiger partial charge in [0.15, 0.2) is 0 Å². The molecule has 2 aromatic rings. The summed E-state index contributed by atoms with van der Waals surface area (Å²) in [7, 11) is 1.68. The number of carbonyl (C=O) groups excluding carboxylic acids is 1. The number of halogens is 1. The van der Waals surface area contributed by atoms with Crippen LogP contribution < -0.4 is 0 Å². The molecule has 0 saturated heterocycles. The maximum absolute atomic E-state index is 13.8. The molecular formula is C14H14FNOS. The number of benzene rings is 1. The summed E-state index contributed by atoms with van der Waals surface area (Å²) in [5.74, 6) is -0.720. The number of aryl methyl sites for hydroxylation is 1. The molecule has 0 aliphatic heterocycles. The number of thiophene rings is 1. The molecule has 1 amide bonds. The van der Waals surface area contributed by atoms with Gasteiger partial charge in [0.05, 0.1) is 5.56 Å². The number of rotatable bonds is 3. The maximum Gasteiger partial charge on any atom is 0.256 e. The van der Waals surface area contributed by atoms with E-state index < -0.39 is 5.82 Å². The van der Waals surface area contributed by atoms with Crippen molar-refractivity contribution in [2.75, 3.05) is 7.05 Å². The summed E-state index contributed by atoms with van der Waals surface area (Å²) in [5, 5.41) is 3.94. The molecule has 0 unspecified atom stereocenters. The van der Waals surface area contributed by atoms with Crippen molar-refractivity contribution in [3.8, 4) is 0 Å². The Balaban J connectivity index is 2.18. The van der Waals surface area contributed by atoms with Gasteiger partial charge in [-0.1, -0.05) is 12.1 Å². The van der Waals surface area contributed by atoms with E-state index in [1.54, 1.807) is 37.4 Å². The monoisotopic (exact) mass is 263 g/mol. The van der Waals surface area contributed by atoms with Crippen LogP contribution >= 0.6 is 11.3 Å². The average molecular weight is 263 g/mol. The molecule has 0 fully saturated rings. The summed E-state index contributed by atoms with van der Waals surface area (Å²) < 4.78 is 13.8. The van der Waals surface area contributed by atoms with Crippen LogP contribution in [0.4, 0.5) is 4.39 Å². The lowest BCUT2D eigenvalue weighted by molar-refractivity contribution is 0.0780. The first-order chi connectivity index (χ1) is 8.59. The third-order valence-corrected chi connectivity index (χ3v) is 3.50. The minimum Gasteiger partial charge on any atom is -0.337 e. The standard InChI is InChI=1S/C14H14FNOS/c1-10-4-3-5-12(13(10)15)14(17)16(2)8-11-6-7-18-9-11/h3-7,9H,8H2,1-2H3. The predicted molar refractivity (Wildman–Crippen MR) is 71.3 cm³/mol. The van der Waals surface area contributed by atoms with E-state index in [0.717, 1.165) is 5.56 Å². The summed E-state index contributed by atoms with van der Waals surface area (Å²) >= 11 is 1.58. The molecule has 0 aliphatic rings. The Morgan fingerprint density at radius 1 is 1.39 bits per heavy atom. The molecule has 0 atom stereocenters. The zero-order chi connectivity index (χ0) is 13.1. The van der Waals surface area contributed by atoms with Gasteiger partial charge in [-0.25, -0.2) is 4.39 Å². The second-order valence-electron chi connectivity index (χ2n) is 4.23. The Morgan fingerprint density at radius 3 is 2.83 bits per heavy atom. The van der Waals surface area contributed by atoms with Crippen LogP contribution in [0.3, 0.4) is 0 Å². The van der Waals surface area contributed by atoms with Gasteiger partial charge in [-0.15, -0.1) is 0 Å². The second kappa shape index (κ2) is 5.31. The van der Waals surface area contributed by atoms with E-state index in [0.29, 0.717) is 12.1 Å². The fourth-order valence-electron chi connectivity index (χ4n) is 1.75. The van der Waals surface area contributed by atoms with Crippen molar-refractivity contribution in [2.45, 2.75) is 13.5 Å². The highest BCUT2D eigenvalue weighted by Gasteiger charge is 2.17. The van der Waals surface area contributed by atoms with E-state index in [-0.39, 0.29) is 11.5 Å².